The molecule has 3 N–H and O–H groups in total. The summed E-state index contributed by atoms with van der Waals surface area (Å²) in [6, 6.07) is 2.65. The Kier molecular flexibility index (Phi) is 6.43. The molecule has 0 saturated heterocycles. The molecule has 5 rings (SSSR count). The topological polar surface area (TPSA) is 138 Å². The number of aliphatic hydroxyl groups excluding tert-OH is 1. The molecule has 10 heteroatoms. The lowest BCUT2D eigenvalue weighted by Gasteiger charge is -2.53. The van der Waals surface area contributed by atoms with Crippen LogP contribution in [0.5, 0.6) is 5.88 Å². The number of rotatable bonds is 6. The second-order valence-electron chi connectivity index (χ2n) is 12.2. The van der Waals surface area contributed by atoms with Gasteiger partial charge in [-0.05, 0) is 60.6 Å². The molecule has 0 unspecified atom stereocenters. The van der Waals surface area contributed by atoms with Gasteiger partial charge in [0, 0.05) is 23.3 Å². The van der Waals surface area contributed by atoms with Crippen molar-refractivity contribution in [2.75, 3.05) is 6.61 Å². The van der Waals surface area contributed by atoms with Crippen molar-refractivity contribution in [2.24, 2.45) is 17.6 Å². The van der Waals surface area contributed by atoms with E-state index < -0.39 is 37.4 Å². The van der Waals surface area contributed by atoms with Gasteiger partial charge in [-0.2, -0.15) is 0 Å². The van der Waals surface area contributed by atoms with Crippen molar-refractivity contribution in [3.8, 4) is 5.88 Å². The number of Topliss-reactive ketones (excluding diaryl/α,β-unsaturated/α-hetero) is 2. The Morgan fingerprint density at radius 1 is 1.26 bits per heavy atom. The first kappa shape index (κ1) is 26.8. The first-order valence-corrected chi connectivity index (χ1v) is 16.3. The molecule has 0 aromatic carbocycles. The molecule has 0 spiro atoms. The fraction of sp³-hybridized carbons (Fsp3) is 0.571. The minimum Gasteiger partial charge on any atom is -0.507 e. The third-order valence-electron chi connectivity index (χ3n) is 8.84. The molecule has 0 radical (unpaired) electrons. The number of nitrogens with two attached hydrogens (primary N) is 1. The largest absolute Gasteiger partial charge is 0.507 e. The van der Waals surface area contributed by atoms with Crippen molar-refractivity contribution in [1.82, 2.24) is 10.1 Å². The minimum absolute atomic E-state index is 0.0388. The molecule has 0 bridgehead atoms. The number of hydrogen-bond donors (Lipinski definition) is 2. The number of nitrogens with zero attached hydrogens (tertiary/aromatic N) is 2. The zero-order chi connectivity index (χ0) is 27.6. The number of fused-ring (bicyclic) bond motifs is 4. The molecule has 1 fully saturated rings. The van der Waals surface area contributed by atoms with E-state index in [1.807, 2.05) is 20.0 Å². The summed E-state index contributed by atoms with van der Waals surface area (Å²) in [5, 5.41) is 15.1. The van der Waals surface area contributed by atoms with E-state index in [1.165, 1.54) is 0 Å². The number of unbranched alkanes of at least 4 members (excludes halogenated alkanes) is 1. The molecular formula is C28H37N3O6Si. The minimum atomic E-state index is -2.73. The van der Waals surface area contributed by atoms with Crippen LogP contribution in [0, 0.1) is 11.8 Å². The summed E-state index contributed by atoms with van der Waals surface area (Å²) in [7, 11) is -2.73. The summed E-state index contributed by atoms with van der Waals surface area (Å²) in [5.41, 5.74) is 6.41. The van der Waals surface area contributed by atoms with Gasteiger partial charge in [-0.25, -0.2) is 0 Å². The van der Waals surface area contributed by atoms with Crippen LogP contribution < -0.4 is 10.5 Å². The predicted octanol–water partition coefficient (Wildman–Crippen LogP) is 4.94. The van der Waals surface area contributed by atoms with Gasteiger partial charge in [-0.1, -0.05) is 34.1 Å². The van der Waals surface area contributed by atoms with Crippen molar-refractivity contribution in [3.05, 3.63) is 46.5 Å². The summed E-state index contributed by atoms with van der Waals surface area (Å²) >= 11 is 0. The molecule has 1 saturated carbocycles. The molecule has 3 aliphatic rings. The van der Waals surface area contributed by atoms with E-state index in [2.05, 4.69) is 30.9 Å². The Morgan fingerprint density at radius 3 is 2.68 bits per heavy atom. The van der Waals surface area contributed by atoms with Crippen LogP contribution in [0.25, 0.3) is 5.76 Å². The molecular weight excluding hydrogens is 502 g/mol. The normalized spacial score (nSPS) is 27.0. The van der Waals surface area contributed by atoms with E-state index in [-0.39, 0.29) is 39.5 Å². The molecule has 3 aliphatic carbocycles. The van der Waals surface area contributed by atoms with Crippen molar-refractivity contribution in [2.45, 2.75) is 83.2 Å². The average Bonchev–Trinajstić information content (AvgIpc) is 3.27. The first-order chi connectivity index (χ1) is 17.8. The van der Waals surface area contributed by atoms with E-state index in [0.29, 0.717) is 30.7 Å². The second kappa shape index (κ2) is 9.13. The summed E-state index contributed by atoms with van der Waals surface area (Å²) in [4.78, 5) is 33.7. The number of hydrogen-bond acceptors (Lipinski definition) is 9. The molecule has 38 heavy (non-hydrogen) atoms. The number of carbonyl (C=O) groups is 2. The number of aromatic nitrogens is 2. The zero-order valence-corrected chi connectivity index (χ0v) is 24.0. The Balaban J connectivity index is 1.72. The van der Waals surface area contributed by atoms with Crippen LogP contribution in [0.2, 0.25) is 18.1 Å². The van der Waals surface area contributed by atoms with Crippen LogP contribution in [0.15, 0.2) is 28.4 Å². The van der Waals surface area contributed by atoms with Gasteiger partial charge in [0.25, 0.3) is 5.88 Å². The van der Waals surface area contributed by atoms with Crippen molar-refractivity contribution < 1.29 is 28.4 Å². The van der Waals surface area contributed by atoms with Crippen LogP contribution in [-0.2, 0) is 15.6 Å². The third kappa shape index (κ3) is 3.79. The average molecular weight is 540 g/mol. The van der Waals surface area contributed by atoms with Gasteiger partial charge in [0.15, 0.2) is 19.7 Å². The van der Waals surface area contributed by atoms with E-state index in [0.717, 1.165) is 12.8 Å². The zero-order valence-electron chi connectivity index (χ0n) is 23.0. The lowest BCUT2D eigenvalue weighted by molar-refractivity contribution is -0.138. The Hall–Kier alpha value is -2.82. The smallest absolute Gasteiger partial charge is 0.265 e. The van der Waals surface area contributed by atoms with Crippen LogP contribution in [0.3, 0.4) is 0 Å². The summed E-state index contributed by atoms with van der Waals surface area (Å²) in [5.74, 6) is -2.00. The molecule has 0 aliphatic heterocycles. The maximum atomic E-state index is 14.7. The SMILES string of the molecule is CCCCOc1noc2c1C(=O)[C@@]1(O[Si](C)(C)C(C)(C)C)C(=O)C3=C(O)c4cccnc4C[C@H]3C[C@H]1[C@@H]2N. The van der Waals surface area contributed by atoms with Crippen LogP contribution in [0.1, 0.15) is 80.4 Å². The number of pyridine rings is 1. The predicted molar refractivity (Wildman–Crippen MR) is 143 cm³/mol. The standard InChI is InChI=1S/C28H37N3O6Si/c1-7-8-12-35-26-20-23(36-31-26)21(29)17-13-15-14-18-16(10-9-11-30-18)22(32)19(15)24(33)28(17,25(20)34)37-38(5,6)27(2,3)4/h9-11,15,17,21,32H,7-8,12-14,29H2,1-6H3/t15-,17+,21+,28+/m1/s1. The molecule has 2 heterocycles. The molecule has 4 atom stereocenters. The summed E-state index contributed by atoms with van der Waals surface area (Å²) < 4.78 is 18.3. The van der Waals surface area contributed by atoms with Gasteiger partial charge in [0.1, 0.15) is 11.3 Å². The lowest BCUT2D eigenvalue weighted by atomic mass is 9.57. The third-order valence-corrected chi connectivity index (χ3v) is 13.3. The monoisotopic (exact) mass is 539 g/mol. The Morgan fingerprint density at radius 2 is 2.00 bits per heavy atom. The Bertz CT molecular complexity index is 1330. The van der Waals surface area contributed by atoms with Gasteiger partial charge in [-0.3, -0.25) is 14.6 Å². The quantitative estimate of drug-likeness (QED) is 0.297. The highest BCUT2D eigenvalue weighted by atomic mass is 28.4. The summed E-state index contributed by atoms with van der Waals surface area (Å²) in [6.45, 7) is 12.6. The number of carbonyl (C=O) groups excluding carboxylic acids is 2. The number of ether oxygens (including phenoxy) is 1. The highest BCUT2D eigenvalue weighted by molar-refractivity contribution is 6.74. The number of ketones is 2. The van der Waals surface area contributed by atoms with Crippen LogP contribution in [-0.4, -0.2) is 47.3 Å². The van der Waals surface area contributed by atoms with Gasteiger partial charge in [0.2, 0.25) is 11.6 Å². The van der Waals surface area contributed by atoms with Gasteiger partial charge >= 0.3 is 0 Å². The molecule has 0 amide bonds. The second-order valence-corrected chi connectivity index (χ2v) is 16.9. The Labute approximate surface area is 223 Å². The van der Waals surface area contributed by atoms with E-state index in [9.17, 15) is 14.7 Å². The van der Waals surface area contributed by atoms with Gasteiger partial charge in [-0.15, -0.1) is 0 Å². The van der Waals surface area contributed by atoms with Crippen molar-refractivity contribution in [1.29, 1.82) is 0 Å². The van der Waals surface area contributed by atoms with Crippen LogP contribution >= 0.6 is 0 Å². The van der Waals surface area contributed by atoms with E-state index in [4.69, 9.17) is 19.4 Å². The highest BCUT2D eigenvalue weighted by Crippen LogP contribution is 2.56. The van der Waals surface area contributed by atoms with Crippen molar-refractivity contribution in [3.63, 3.8) is 0 Å². The van der Waals surface area contributed by atoms with E-state index >= 15 is 0 Å². The molecule has 2 aromatic rings. The fourth-order valence-electron chi connectivity index (χ4n) is 5.72. The highest BCUT2D eigenvalue weighted by Gasteiger charge is 2.68. The van der Waals surface area contributed by atoms with Gasteiger partial charge in [0.05, 0.1) is 18.3 Å². The van der Waals surface area contributed by atoms with Crippen molar-refractivity contribution >= 4 is 25.6 Å². The molecule has 204 valence electrons. The fourth-order valence-corrected chi connectivity index (χ4v) is 7.17. The molecule has 9 nitrogen and oxygen atoms in total. The number of aliphatic hydroxyl groups is 1. The summed E-state index contributed by atoms with van der Waals surface area (Å²) in [6.07, 6.45) is 4.16. The van der Waals surface area contributed by atoms with E-state index in [1.54, 1.807) is 18.3 Å². The lowest BCUT2D eigenvalue weighted by Crippen LogP contribution is -2.68. The maximum Gasteiger partial charge on any atom is 0.265 e. The van der Waals surface area contributed by atoms with Gasteiger partial charge < -0.3 is 24.5 Å². The first-order valence-electron chi connectivity index (χ1n) is 13.4. The van der Waals surface area contributed by atoms with Crippen LogP contribution in [0.4, 0.5) is 0 Å². The maximum absolute atomic E-state index is 14.7. The molecule has 2 aromatic heterocycles.